The summed E-state index contributed by atoms with van der Waals surface area (Å²) in [5, 5.41) is 12.1. The van der Waals surface area contributed by atoms with Crippen molar-refractivity contribution in [2.45, 2.75) is 90.2 Å². The van der Waals surface area contributed by atoms with E-state index in [2.05, 4.69) is 76.5 Å². The quantitative estimate of drug-likeness (QED) is 0.0800. The fraction of sp³-hybridized carbons (Fsp3) is 0.488. The lowest BCUT2D eigenvalue weighted by Crippen LogP contribution is -2.39. The van der Waals surface area contributed by atoms with Crippen molar-refractivity contribution in [1.82, 2.24) is 14.3 Å². The average molecular weight is 789 g/mol. The predicted octanol–water partition coefficient (Wildman–Crippen LogP) is 9.21. The molecule has 2 aliphatic heterocycles. The molecule has 4 aromatic rings. The molecule has 1 aromatic heterocycles. The SMILES string of the molecule is C.CNS.Cc1nc2cc(-c3ccc([C@@H]4C[C@H](OCC5CC6CCC(C5)O6)C[C@H](C)C4C(=O)O)cc3)ccc2n1C.O=CNc1ccc(C(F)(F)F)cc1F. The minimum absolute atomic E-state index is 0. The number of carboxylic acid groups (broad SMARTS) is 1. The van der Waals surface area contributed by atoms with Crippen LogP contribution >= 0.6 is 12.8 Å². The fourth-order valence-corrected chi connectivity index (χ4v) is 8.05. The minimum Gasteiger partial charge on any atom is -0.481 e. The molecular formula is C41H52F4N4O5S. The Morgan fingerprint density at radius 1 is 1.04 bits per heavy atom. The summed E-state index contributed by atoms with van der Waals surface area (Å²) in [4.78, 5) is 26.9. The smallest absolute Gasteiger partial charge is 0.416 e. The van der Waals surface area contributed by atoms with Crippen molar-refractivity contribution in [1.29, 1.82) is 0 Å². The Hall–Kier alpha value is -3.98. The molecule has 3 aliphatic rings. The topological polar surface area (TPSA) is 115 Å². The highest BCUT2D eigenvalue weighted by Crippen LogP contribution is 2.44. The van der Waals surface area contributed by atoms with Crippen LogP contribution in [-0.2, 0) is 32.3 Å². The standard InChI is InChI=1S/C31H38N2O4.C8H5F4NO.CH5NS.CH4/c1-18-12-26(36-17-20-13-24-9-10-25(14-20)37-24)16-27(30(18)31(34)35)22-6-4-21(5-7-22)23-8-11-29-28(15-23)32-19(2)33(29)3;9-6-3-5(8(10,11)12)1-2-7(6)13-4-14;1-2-3;/h4-8,11,15,18,20,24-27,30H,9-10,12-14,16-17H2,1-3H3,(H,34,35);1-4H,(H,13,14);2-3H,1H3;1H4/t18-,20?,24?,25?,26+,27-,30?;;;/m0.../s1. The molecular weight excluding hydrogens is 737 g/mol. The van der Waals surface area contributed by atoms with Gasteiger partial charge in [0, 0.05) is 13.7 Å². The van der Waals surface area contributed by atoms with Gasteiger partial charge in [-0.15, -0.1) is 0 Å². The second kappa shape index (κ2) is 19.2. The van der Waals surface area contributed by atoms with Crippen LogP contribution < -0.4 is 10.0 Å². The maximum absolute atomic E-state index is 12.8. The number of thiol groups is 1. The van der Waals surface area contributed by atoms with Gasteiger partial charge in [0.25, 0.3) is 0 Å². The predicted molar refractivity (Wildman–Crippen MR) is 209 cm³/mol. The fourth-order valence-electron chi connectivity index (χ4n) is 8.05. The summed E-state index contributed by atoms with van der Waals surface area (Å²) < 4.78 is 66.0. The number of carbonyl (C=O) groups excluding carboxylic acids is 1. The molecule has 300 valence electrons. The Labute approximate surface area is 325 Å². The number of anilines is 1. The van der Waals surface area contributed by atoms with Gasteiger partial charge in [0.1, 0.15) is 11.6 Å². The van der Waals surface area contributed by atoms with Crippen LogP contribution in [0.1, 0.15) is 75.7 Å². The number of imidazole rings is 1. The highest BCUT2D eigenvalue weighted by Gasteiger charge is 2.42. The van der Waals surface area contributed by atoms with Crippen molar-refractivity contribution in [3.05, 3.63) is 83.4 Å². The molecule has 1 aliphatic carbocycles. The van der Waals surface area contributed by atoms with Gasteiger partial charge in [0.15, 0.2) is 0 Å². The summed E-state index contributed by atoms with van der Waals surface area (Å²) in [5.74, 6) is -0.624. The average Bonchev–Trinajstić information content (AvgIpc) is 3.62. The van der Waals surface area contributed by atoms with E-state index in [0.29, 0.717) is 30.3 Å². The number of rotatable bonds is 8. The zero-order valence-electron chi connectivity index (χ0n) is 30.8. The molecule has 55 heavy (non-hydrogen) atoms. The van der Waals surface area contributed by atoms with Gasteiger partial charge in [-0.25, -0.2) is 9.37 Å². The molecule has 0 spiro atoms. The number of aliphatic carboxylic acids is 1. The van der Waals surface area contributed by atoms with Crippen molar-refractivity contribution in [2.75, 3.05) is 19.0 Å². The summed E-state index contributed by atoms with van der Waals surface area (Å²) in [7, 11) is 3.77. The molecule has 1 amide bonds. The second-order valence-electron chi connectivity index (χ2n) is 14.4. The van der Waals surface area contributed by atoms with E-state index in [0.717, 1.165) is 71.9 Å². The van der Waals surface area contributed by atoms with E-state index in [9.17, 15) is 32.3 Å². The van der Waals surface area contributed by atoms with Crippen LogP contribution in [0.25, 0.3) is 22.2 Å². The molecule has 2 saturated heterocycles. The van der Waals surface area contributed by atoms with Crippen molar-refractivity contribution in [3.63, 3.8) is 0 Å². The first-order chi connectivity index (χ1) is 25.7. The van der Waals surface area contributed by atoms with Gasteiger partial charge in [-0.05, 0) is 117 Å². The van der Waals surface area contributed by atoms with Crippen molar-refractivity contribution in [2.24, 2.45) is 24.8 Å². The van der Waals surface area contributed by atoms with Crippen LogP contribution in [-0.4, -0.2) is 59.0 Å². The molecule has 3 aromatic carbocycles. The van der Waals surface area contributed by atoms with E-state index in [-0.39, 0.29) is 37.5 Å². The molecule has 14 heteroatoms. The maximum Gasteiger partial charge on any atom is 0.416 e. The number of amides is 1. The number of carbonyl (C=O) groups is 2. The van der Waals surface area contributed by atoms with Gasteiger partial charge in [-0.3, -0.25) is 14.3 Å². The van der Waals surface area contributed by atoms with Crippen molar-refractivity contribution in [3.8, 4) is 11.1 Å². The minimum atomic E-state index is -4.58. The Kier molecular flexibility index (Phi) is 15.3. The first-order valence-corrected chi connectivity index (χ1v) is 18.6. The zero-order chi connectivity index (χ0) is 39.2. The number of ether oxygens (including phenoxy) is 2. The Morgan fingerprint density at radius 3 is 2.25 bits per heavy atom. The largest absolute Gasteiger partial charge is 0.481 e. The molecule has 7 rings (SSSR count). The van der Waals surface area contributed by atoms with Crippen LogP contribution in [0.5, 0.6) is 0 Å². The number of aryl methyl sites for hydroxylation is 2. The third-order valence-corrected chi connectivity index (χ3v) is 10.7. The number of nitrogens with one attached hydrogen (secondary N) is 2. The molecule has 6 atom stereocenters. The van der Waals surface area contributed by atoms with Crippen LogP contribution in [0.3, 0.4) is 0 Å². The van der Waals surface area contributed by atoms with Crippen LogP contribution in [0.2, 0.25) is 0 Å². The van der Waals surface area contributed by atoms with Crippen LogP contribution in [0.15, 0.2) is 60.7 Å². The van der Waals surface area contributed by atoms with Gasteiger partial charge >= 0.3 is 12.1 Å². The highest BCUT2D eigenvalue weighted by atomic mass is 32.1. The Balaban J connectivity index is 0.000000315. The van der Waals surface area contributed by atoms with Crippen LogP contribution in [0.4, 0.5) is 23.2 Å². The first-order valence-electron chi connectivity index (χ1n) is 18.1. The van der Waals surface area contributed by atoms with Gasteiger partial charge in [0.05, 0.1) is 46.5 Å². The summed E-state index contributed by atoms with van der Waals surface area (Å²) >= 11 is 3.54. The summed E-state index contributed by atoms with van der Waals surface area (Å²) in [6.07, 6.45) is 2.70. The maximum atomic E-state index is 12.8. The van der Waals surface area contributed by atoms with E-state index < -0.39 is 29.4 Å². The molecule has 1 saturated carbocycles. The Bertz CT molecular complexity index is 1880. The molecule has 9 nitrogen and oxygen atoms in total. The van der Waals surface area contributed by atoms with Gasteiger partial charge < -0.3 is 24.5 Å². The van der Waals surface area contributed by atoms with E-state index >= 15 is 0 Å². The summed E-state index contributed by atoms with van der Waals surface area (Å²) in [6.45, 7) is 4.87. The lowest BCUT2D eigenvalue weighted by molar-refractivity contribution is -0.148. The monoisotopic (exact) mass is 788 g/mol. The van der Waals surface area contributed by atoms with Crippen molar-refractivity contribution >= 4 is 41.9 Å². The van der Waals surface area contributed by atoms with Gasteiger partial charge in [-0.2, -0.15) is 13.2 Å². The molecule has 3 heterocycles. The number of alkyl halides is 3. The molecule has 2 bridgehead atoms. The lowest BCUT2D eigenvalue weighted by Gasteiger charge is -2.39. The van der Waals surface area contributed by atoms with E-state index in [1.165, 1.54) is 12.8 Å². The number of aromatic nitrogens is 2. The van der Waals surface area contributed by atoms with Gasteiger partial charge in [-0.1, -0.05) is 57.5 Å². The number of halogens is 4. The number of nitrogens with zero attached hydrogens (tertiary/aromatic N) is 2. The number of hydrogen-bond donors (Lipinski definition) is 4. The summed E-state index contributed by atoms with van der Waals surface area (Å²) in [6, 6.07) is 16.7. The molecule has 3 unspecified atom stereocenters. The van der Waals surface area contributed by atoms with E-state index in [4.69, 9.17) is 9.47 Å². The second-order valence-corrected chi connectivity index (χ2v) is 14.8. The van der Waals surface area contributed by atoms with E-state index in [1.807, 2.05) is 19.3 Å². The molecule has 0 radical (unpaired) electrons. The number of carboxylic acids is 1. The summed E-state index contributed by atoms with van der Waals surface area (Å²) in [5.41, 5.74) is 4.07. The highest BCUT2D eigenvalue weighted by molar-refractivity contribution is 7.78. The van der Waals surface area contributed by atoms with Gasteiger partial charge in [0.2, 0.25) is 6.41 Å². The number of fused-ring (bicyclic) bond motifs is 3. The molecule has 3 fully saturated rings. The molecule has 3 N–H and O–H groups in total. The zero-order valence-corrected chi connectivity index (χ0v) is 31.7. The third-order valence-electron chi connectivity index (χ3n) is 10.7. The lowest BCUT2D eigenvalue weighted by atomic mass is 9.69. The van der Waals surface area contributed by atoms with E-state index in [1.54, 1.807) is 7.05 Å². The Morgan fingerprint density at radius 2 is 1.67 bits per heavy atom. The number of benzene rings is 3. The third kappa shape index (κ3) is 10.9. The van der Waals surface area contributed by atoms with Crippen LogP contribution in [0, 0.1) is 30.5 Å². The number of hydrogen-bond acceptors (Lipinski definition) is 7. The van der Waals surface area contributed by atoms with Crippen molar-refractivity contribution < 1.29 is 41.7 Å². The normalized spacial score (nSPS) is 24.4. The first kappa shape index (κ1) is 43.7.